The van der Waals surface area contributed by atoms with Crippen molar-refractivity contribution in [3.05, 3.63) is 102 Å². The van der Waals surface area contributed by atoms with Gasteiger partial charge in [-0.15, -0.1) is 0 Å². The van der Waals surface area contributed by atoms with E-state index in [-0.39, 0.29) is 5.41 Å². The van der Waals surface area contributed by atoms with Gasteiger partial charge in [0.15, 0.2) is 0 Å². The van der Waals surface area contributed by atoms with Gasteiger partial charge < -0.3 is 0 Å². The molecule has 4 aromatic rings. The molecular weight excluding hydrogens is 326 g/mol. The first kappa shape index (κ1) is 16.0. The molecule has 0 saturated heterocycles. The van der Waals surface area contributed by atoms with Gasteiger partial charge in [0.1, 0.15) is 0 Å². The first-order chi connectivity index (χ1) is 13.1. The Labute approximate surface area is 160 Å². The summed E-state index contributed by atoms with van der Waals surface area (Å²) in [7, 11) is 0. The second-order valence-corrected chi connectivity index (χ2v) is 7.73. The number of pyridine rings is 1. The molecule has 1 aromatic heterocycles. The lowest BCUT2D eigenvalue weighted by atomic mass is 9.82. The third-order valence-electron chi connectivity index (χ3n) is 5.73. The summed E-state index contributed by atoms with van der Waals surface area (Å²) in [6, 6.07) is 30.1. The second-order valence-electron chi connectivity index (χ2n) is 7.73. The second kappa shape index (κ2) is 5.92. The van der Waals surface area contributed by atoms with Crippen molar-refractivity contribution in [1.82, 2.24) is 4.98 Å². The zero-order valence-corrected chi connectivity index (χ0v) is 15.6. The Morgan fingerprint density at radius 1 is 0.593 bits per heavy atom. The topological polar surface area (TPSA) is 12.9 Å². The van der Waals surface area contributed by atoms with Crippen molar-refractivity contribution in [1.29, 1.82) is 0 Å². The predicted molar refractivity (Wildman–Crippen MR) is 113 cm³/mol. The molecule has 0 unspecified atom stereocenters. The third-order valence-corrected chi connectivity index (χ3v) is 5.73. The highest BCUT2D eigenvalue weighted by Gasteiger charge is 2.35. The van der Waals surface area contributed by atoms with E-state index in [2.05, 4.69) is 98.8 Å². The summed E-state index contributed by atoms with van der Waals surface area (Å²) in [5, 5.41) is 0. The van der Waals surface area contributed by atoms with Crippen molar-refractivity contribution in [2.75, 3.05) is 0 Å². The Bertz CT molecular complexity index is 1140. The lowest BCUT2D eigenvalue weighted by Gasteiger charge is -2.21. The van der Waals surface area contributed by atoms with Gasteiger partial charge in [-0.1, -0.05) is 86.6 Å². The van der Waals surface area contributed by atoms with Gasteiger partial charge in [-0.05, 0) is 39.9 Å². The molecule has 0 bridgehead atoms. The van der Waals surface area contributed by atoms with Crippen LogP contribution in [0.25, 0.3) is 33.5 Å². The van der Waals surface area contributed by atoms with Crippen LogP contribution in [0, 0.1) is 0 Å². The molecule has 0 atom stereocenters. The number of hydrogen-bond donors (Lipinski definition) is 0. The maximum absolute atomic E-state index is 4.82. The number of benzene rings is 3. The first-order valence-corrected chi connectivity index (χ1v) is 9.41. The Morgan fingerprint density at radius 2 is 1.30 bits per heavy atom. The molecule has 0 spiro atoms. The van der Waals surface area contributed by atoms with Crippen LogP contribution < -0.4 is 0 Å². The molecule has 0 amide bonds. The average molecular weight is 347 g/mol. The minimum absolute atomic E-state index is 0.000652. The van der Waals surface area contributed by atoms with Gasteiger partial charge in [0.2, 0.25) is 0 Å². The van der Waals surface area contributed by atoms with Gasteiger partial charge in [-0.2, -0.15) is 0 Å². The lowest BCUT2D eigenvalue weighted by molar-refractivity contribution is 0.660. The standard InChI is InChI=1S/C26H21N/c1-26(2)23-14-7-6-13-21(23)22-17-27-25(16-24(22)26)20-12-8-11-19(15-20)18-9-4-3-5-10-18/h3-17H,1-2H3. The van der Waals surface area contributed by atoms with E-state index in [0.29, 0.717) is 0 Å². The maximum atomic E-state index is 4.82. The van der Waals surface area contributed by atoms with Gasteiger partial charge in [-0.25, -0.2) is 0 Å². The van der Waals surface area contributed by atoms with Crippen LogP contribution in [0.3, 0.4) is 0 Å². The normalized spacial score (nSPS) is 13.9. The van der Waals surface area contributed by atoms with Crippen molar-refractivity contribution in [3.8, 4) is 33.5 Å². The quantitative estimate of drug-likeness (QED) is 0.392. The summed E-state index contributed by atoms with van der Waals surface area (Å²) < 4.78 is 0. The molecule has 0 N–H and O–H groups in total. The molecule has 1 nitrogen and oxygen atoms in total. The van der Waals surface area contributed by atoms with Crippen LogP contribution in [-0.4, -0.2) is 4.98 Å². The largest absolute Gasteiger partial charge is 0.256 e. The van der Waals surface area contributed by atoms with Gasteiger partial charge >= 0.3 is 0 Å². The van der Waals surface area contributed by atoms with Crippen molar-refractivity contribution in [2.45, 2.75) is 19.3 Å². The number of fused-ring (bicyclic) bond motifs is 3. The smallest absolute Gasteiger partial charge is 0.0705 e. The van der Waals surface area contributed by atoms with E-state index in [1.165, 1.54) is 33.4 Å². The molecule has 0 aliphatic heterocycles. The van der Waals surface area contributed by atoms with Crippen LogP contribution in [0.5, 0.6) is 0 Å². The molecule has 1 heteroatoms. The van der Waals surface area contributed by atoms with E-state index in [4.69, 9.17) is 4.98 Å². The van der Waals surface area contributed by atoms with Crippen LogP contribution >= 0.6 is 0 Å². The van der Waals surface area contributed by atoms with Gasteiger partial charge in [0, 0.05) is 22.7 Å². The van der Waals surface area contributed by atoms with Crippen LogP contribution in [0.1, 0.15) is 25.0 Å². The fourth-order valence-electron chi connectivity index (χ4n) is 4.24. The molecule has 3 aromatic carbocycles. The Kier molecular flexibility index (Phi) is 3.51. The fourth-order valence-corrected chi connectivity index (χ4v) is 4.24. The minimum atomic E-state index is 0.000652. The van der Waals surface area contributed by atoms with E-state index in [1.807, 2.05) is 6.20 Å². The first-order valence-electron chi connectivity index (χ1n) is 9.41. The summed E-state index contributed by atoms with van der Waals surface area (Å²) >= 11 is 0. The molecule has 130 valence electrons. The molecule has 1 aliphatic carbocycles. The molecule has 1 heterocycles. The summed E-state index contributed by atoms with van der Waals surface area (Å²) in [6.45, 7) is 4.61. The van der Waals surface area contributed by atoms with E-state index < -0.39 is 0 Å². The van der Waals surface area contributed by atoms with Crippen molar-refractivity contribution in [2.24, 2.45) is 0 Å². The summed E-state index contributed by atoms with van der Waals surface area (Å²) in [5.41, 5.74) is 9.97. The van der Waals surface area contributed by atoms with Crippen LogP contribution in [0.4, 0.5) is 0 Å². The van der Waals surface area contributed by atoms with E-state index in [9.17, 15) is 0 Å². The summed E-state index contributed by atoms with van der Waals surface area (Å²) in [4.78, 5) is 4.82. The van der Waals surface area contributed by atoms with Crippen molar-refractivity contribution < 1.29 is 0 Å². The van der Waals surface area contributed by atoms with Gasteiger partial charge in [0.25, 0.3) is 0 Å². The molecule has 0 radical (unpaired) electrons. The maximum Gasteiger partial charge on any atom is 0.0705 e. The number of aromatic nitrogens is 1. The van der Waals surface area contributed by atoms with E-state index in [1.54, 1.807) is 0 Å². The zero-order chi connectivity index (χ0) is 18.4. The highest BCUT2D eigenvalue weighted by atomic mass is 14.7. The molecule has 5 rings (SSSR count). The highest BCUT2D eigenvalue weighted by Crippen LogP contribution is 2.48. The monoisotopic (exact) mass is 347 g/mol. The predicted octanol–water partition coefficient (Wildman–Crippen LogP) is 6.72. The van der Waals surface area contributed by atoms with Crippen LogP contribution in [-0.2, 0) is 5.41 Å². The third kappa shape index (κ3) is 2.50. The number of hydrogen-bond acceptors (Lipinski definition) is 1. The molecule has 0 fully saturated rings. The fraction of sp³-hybridized carbons (Fsp3) is 0.115. The average Bonchev–Trinajstić information content (AvgIpc) is 2.96. The summed E-state index contributed by atoms with van der Waals surface area (Å²) in [6.07, 6.45) is 2.05. The zero-order valence-electron chi connectivity index (χ0n) is 15.6. The molecule has 27 heavy (non-hydrogen) atoms. The Hall–Kier alpha value is -3.19. The Balaban J connectivity index is 1.63. The highest BCUT2D eigenvalue weighted by molar-refractivity contribution is 5.82. The van der Waals surface area contributed by atoms with Crippen LogP contribution in [0.2, 0.25) is 0 Å². The van der Waals surface area contributed by atoms with Crippen LogP contribution in [0.15, 0.2) is 91.1 Å². The summed E-state index contributed by atoms with van der Waals surface area (Å²) in [5.74, 6) is 0. The minimum Gasteiger partial charge on any atom is -0.256 e. The number of nitrogens with zero attached hydrogens (tertiary/aromatic N) is 1. The SMILES string of the molecule is CC1(C)c2ccccc2-c2cnc(-c3cccc(-c4ccccc4)c3)cc21. The van der Waals surface area contributed by atoms with E-state index >= 15 is 0 Å². The van der Waals surface area contributed by atoms with Crippen molar-refractivity contribution >= 4 is 0 Å². The molecule has 0 saturated carbocycles. The lowest BCUT2D eigenvalue weighted by Crippen LogP contribution is -2.15. The Morgan fingerprint density at radius 3 is 2.15 bits per heavy atom. The van der Waals surface area contributed by atoms with Crippen molar-refractivity contribution in [3.63, 3.8) is 0 Å². The van der Waals surface area contributed by atoms with Gasteiger partial charge in [0.05, 0.1) is 5.69 Å². The van der Waals surface area contributed by atoms with Gasteiger partial charge in [-0.3, -0.25) is 4.98 Å². The number of rotatable bonds is 2. The molecule has 1 aliphatic rings. The van der Waals surface area contributed by atoms with E-state index in [0.717, 1.165) is 11.3 Å². The molecular formula is C26H21N.